The number of rotatable bonds is 5. The molecule has 1 N–H and O–H groups in total. The SMILES string of the molecule is O=C(C1CCC(NS(=O)(=O)c2ccc(C(F)(F)F)cc2)CC1)N1CCC[C@@H]1c1ccc(F)cc1. The third-order valence-corrected chi connectivity index (χ3v) is 8.22. The maximum atomic E-state index is 13.3. The van der Waals surface area contributed by atoms with Crippen molar-refractivity contribution in [3.8, 4) is 0 Å². The number of sulfonamides is 1. The van der Waals surface area contributed by atoms with Crippen molar-refractivity contribution in [1.29, 1.82) is 0 Å². The molecule has 2 aromatic carbocycles. The number of benzene rings is 2. The largest absolute Gasteiger partial charge is 0.416 e. The zero-order chi connectivity index (χ0) is 24.5. The van der Waals surface area contributed by atoms with E-state index in [0.29, 0.717) is 32.2 Å². The van der Waals surface area contributed by atoms with Crippen LogP contribution in [0.15, 0.2) is 53.4 Å². The number of amides is 1. The van der Waals surface area contributed by atoms with Crippen LogP contribution in [0.2, 0.25) is 0 Å². The number of carbonyl (C=O) groups excluding carboxylic acids is 1. The predicted molar refractivity (Wildman–Crippen MR) is 118 cm³/mol. The van der Waals surface area contributed by atoms with Crippen molar-refractivity contribution in [3.05, 3.63) is 65.5 Å². The molecule has 1 aliphatic carbocycles. The van der Waals surface area contributed by atoms with E-state index in [2.05, 4.69) is 4.72 Å². The molecule has 2 fully saturated rings. The summed E-state index contributed by atoms with van der Waals surface area (Å²) in [5.74, 6) is -0.500. The second-order valence-corrected chi connectivity index (χ2v) is 10.6. The summed E-state index contributed by atoms with van der Waals surface area (Å²) in [4.78, 5) is 14.8. The van der Waals surface area contributed by atoms with E-state index in [0.717, 1.165) is 42.7 Å². The molecule has 1 saturated heterocycles. The van der Waals surface area contributed by atoms with Gasteiger partial charge in [0, 0.05) is 18.5 Å². The number of hydrogen-bond acceptors (Lipinski definition) is 3. The lowest BCUT2D eigenvalue weighted by Gasteiger charge is -2.33. The Hall–Kier alpha value is -2.46. The van der Waals surface area contributed by atoms with E-state index in [1.165, 1.54) is 12.1 Å². The molecule has 34 heavy (non-hydrogen) atoms. The summed E-state index contributed by atoms with van der Waals surface area (Å²) in [5.41, 5.74) is -0.00318. The van der Waals surface area contributed by atoms with E-state index < -0.39 is 21.8 Å². The van der Waals surface area contributed by atoms with Gasteiger partial charge in [0.25, 0.3) is 0 Å². The Morgan fingerprint density at radius 1 is 0.912 bits per heavy atom. The summed E-state index contributed by atoms with van der Waals surface area (Å²) in [6, 6.07) is 9.12. The van der Waals surface area contributed by atoms with Crippen molar-refractivity contribution in [2.24, 2.45) is 5.92 Å². The predicted octanol–water partition coefficient (Wildman–Crippen LogP) is 5.05. The third-order valence-electron chi connectivity index (χ3n) is 6.68. The molecule has 0 aromatic heterocycles. The van der Waals surface area contributed by atoms with Gasteiger partial charge in [-0.15, -0.1) is 0 Å². The average Bonchev–Trinajstić information content (AvgIpc) is 3.29. The normalized spacial score (nSPS) is 23.8. The minimum absolute atomic E-state index is 0.0378. The zero-order valence-corrected chi connectivity index (χ0v) is 19.2. The van der Waals surface area contributed by atoms with Crippen LogP contribution in [0.25, 0.3) is 0 Å². The summed E-state index contributed by atoms with van der Waals surface area (Å²) >= 11 is 0. The summed E-state index contributed by atoms with van der Waals surface area (Å²) in [6.07, 6.45) is -0.880. The molecule has 1 saturated carbocycles. The van der Waals surface area contributed by atoms with Gasteiger partial charge in [0.15, 0.2) is 0 Å². The highest BCUT2D eigenvalue weighted by Gasteiger charge is 2.36. The van der Waals surface area contributed by atoms with Crippen molar-refractivity contribution < 1.29 is 30.8 Å². The Morgan fingerprint density at radius 2 is 1.53 bits per heavy atom. The number of halogens is 4. The minimum atomic E-state index is -4.54. The second-order valence-electron chi connectivity index (χ2n) is 8.93. The van der Waals surface area contributed by atoms with Crippen LogP contribution in [0.1, 0.15) is 55.7 Å². The van der Waals surface area contributed by atoms with Gasteiger partial charge in [-0.2, -0.15) is 13.2 Å². The molecule has 2 aliphatic rings. The first-order chi connectivity index (χ1) is 16.0. The Labute approximate surface area is 196 Å². The van der Waals surface area contributed by atoms with Crippen LogP contribution >= 0.6 is 0 Å². The number of hydrogen-bond donors (Lipinski definition) is 1. The van der Waals surface area contributed by atoms with Crippen LogP contribution in [-0.2, 0) is 21.0 Å². The zero-order valence-electron chi connectivity index (χ0n) is 18.4. The summed E-state index contributed by atoms with van der Waals surface area (Å²) in [6.45, 7) is 0.640. The topological polar surface area (TPSA) is 66.5 Å². The first-order valence-corrected chi connectivity index (χ1v) is 12.8. The van der Waals surface area contributed by atoms with E-state index in [1.54, 1.807) is 12.1 Å². The molecule has 1 heterocycles. The van der Waals surface area contributed by atoms with Gasteiger partial charge in [0.1, 0.15) is 5.82 Å². The molecule has 4 rings (SSSR count). The van der Waals surface area contributed by atoms with Crippen molar-refractivity contribution >= 4 is 15.9 Å². The molecule has 0 unspecified atom stereocenters. The van der Waals surface area contributed by atoms with Crippen LogP contribution in [0.4, 0.5) is 17.6 Å². The summed E-state index contributed by atoms with van der Waals surface area (Å²) in [7, 11) is -3.97. The lowest BCUT2D eigenvalue weighted by atomic mass is 9.85. The van der Waals surface area contributed by atoms with Crippen LogP contribution < -0.4 is 4.72 Å². The van der Waals surface area contributed by atoms with E-state index in [1.807, 2.05) is 4.90 Å². The molecule has 2 aromatic rings. The second kappa shape index (κ2) is 9.65. The highest BCUT2D eigenvalue weighted by atomic mass is 32.2. The molecular formula is C24H26F4N2O3S. The van der Waals surface area contributed by atoms with Gasteiger partial charge in [0.2, 0.25) is 15.9 Å². The maximum absolute atomic E-state index is 13.3. The Bertz CT molecular complexity index is 1110. The monoisotopic (exact) mass is 498 g/mol. The summed E-state index contributed by atoms with van der Waals surface area (Å²) in [5, 5.41) is 0. The number of carbonyl (C=O) groups is 1. The molecule has 10 heteroatoms. The number of alkyl halides is 3. The van der Waals surface area contributed by atoms with Gasteiger partial charge in [-0.1, -0.05) is 12.1 Å². The van der Waals surface area contributed by atoms with E-state index in [9.17, 15) is 30.8 Å². The van der Waals surface area contributed by atoms with Crippen LogP contribution in [0.5, 0.6) is 0 Å². The van der Waals surface area contributed by atoms with E-state index in [4.69, 9.17) is 0 Å². The first-order valence-electron chi connectivity index (χ1n) is 11.3. The fourth-order valence-electron chi connectivity index (χ4n) is 4.87. The lowest BCUT2D eigenvalue weighted by Crippen LogP contribution is -2.42. The van der Waals surface area contributed by atoms with Gasteiger partial charge in [0.05, 0.1) is 16.5 Å². The molecule has 1 atom stereocenters. The maximum Gasteiger partial charge on any atom is 0.416 e. The molecule has 5 nitrogen and oxygen atoms in total. The Morgan fingerprint density at radius 3 is 2.12 bits per heavy atom. The van der Waals surface area contributed by atoms with Gasteiger partial charge in [-0.25, -0.2) is 17.5 Å². The molecule has 1 amide bonds. The Balaban J connectivity index is 1.34. The quantitative estimate of drug-likeness (QED) is 0.587. The average molecular weight is 499 g/mol. The molecule has 1 aliphatic heterocycles. The summed E-state index contributed by atoms with van der Waals surface area (Å²) < 4.78 is 79.3. The Kier molecular flexibility index (Phi) is 7.00. The highest BCUT2D eigenvalue weighted by Crippen LogP contribution is 2.36. The van der Waals surface area contributed by atoms with Crippen LogP contribution in [0, 0.1) is 11.7 Å². The van der Waals surface area contributed by atoms with Crippen molar-refractivity contribution in [2.75, 3.05) is 6.54 Å². The van der Waals surface area contributed by atoms with Crippen molar-refractivity contribution in [1.82, 2.24) is 9.62 Å². The van der Waals surface area contributed by atoms with Gasteiger partial charge in [-0.3, -0.25) is 4.79 Å². The molecule has 0 spiro atoms. The molecule has 0 bridgehead atoms. The van der Waals surface area contributed by atoms with Crippen LogP contribution in [-0.4, -0.2) is 31.8 Å². The van der Waals surface area contributed by atoms with E-state index >= 15 is 0 Å². The number of nitrogens with one attached hydrogen (secondary N) is 1. The van der Waals surface area contributed by atoms with Crippen molar-refractivity contribution in [3.63, 3.8) is 0 Å². The standard InChI is InChI=1S/C24H26F4N2O3S/c25-19-9-3-16(4-10-19)22-2-1-15-30(22)23(31)17-5-11-20(12-6-17)29-34(32,33)21-13-7-18(8-14-21)24(26,27)28/h3-4,7-10,13-14,17,20,22,29H,1-2,5-6,11-12,15H2/t17?,20?,22-/m1/s1. The first kappa shape index (κ1) is 24.7. The fourth-order valence-corrected chi connectivity index (χ4v) is 6.17. The van der Waals surface area contributed by atoms with Gasteiger partial charge < -0.3 is 4.90 Å². The molecular weight excluding hydrogens is 472 g/mol. The van der Waals surface area contributed by atoms with E-state index in [-0.39, 0.29) is 34.6 Å². The van der Waals surface area contributed by atoms with Gasteiger partial charge >= 0.3 is 6.18 Å². The minimum Gasteiger partial charge on any atom is -0.335 e. The van der Waals surface area contributed by atoms with Crippen LogP contribution in [0.3, 0.4) is 0 Å². The molecule has 0 radical (unpaired) electrons. The fraction of sp³-hybridized carbons (Fsp3) is 0.458. The number of likely N-dealkylation sites (tertiary alicyclic amines) is 1. The number of nitrogens with zero attached hydrogens (tertiary/aromatic N) is 1. The van der Waals surface area contributed by atoms with Gasteiger partial charge in [-0.05, 0) is 80.5 Å². The molecule has 184 valence electrons. The highest BCUT2D eigenvalue weighted by molar-refractivity contribution is 7.89. The third kappa shape index (κ3) is 5.43. The smallest absolute Gasteiger partial charge is 0.335 e. The van der Waals surface area contributed by atoms with Crippen molar-refractivity contribution in [2.45, 2.75) is 61.7 Å². The lowest BCUT2D eigenvalue weighted by molar-refractivity contribution is -0.138.